The average molecular weight is 231 g/mol. The quantitative estimate of drug-likeness (QED) is 0.877. The fourth-order valence-electron chi connectivity index (χ4n) is 1.59. The van der Waals surface area contributed by atoms with Gasteiger partial charge in [0.2, 0.25) is 11.8 Å². The molecular weight excluding hydrogens is 214 g/mol. The van der Waals surface area contributed by atoms with Crippen LogP contribution < -0.4 is 5.73 Å². The first-order valence-corrected chi connectivity index (χ1v) is 5.79. The maximum absolute atomic E-state index is 6.04. The van der Waals surface area contributed by atoms with Crippen molar-refractivity contribution in [3.05, 3.63) is 47.7 Å². The Labute approximate surface area is 101 Å². The molecule has 1 heterocycles. The molecule has 0 aliphatic rings. The number of hydrogen-bond donors (Lipinski definition) is 1. The van der Waals surface area contributed by atoms with Gasteiger partial charge in [-0.3, -0.25) is 0 Å². The van der Waals surface area contributed by atoms with Crippen molar-refractivity contribution in [1.82, 2.24) is 10.2 Å². The summed E-state index contributed by atoms with van der Waals surface area (Å²) in [5.41, 5.74) is 7.21. The third kappa shape index (κ3) is 2.91. The van der Waals surface area contributed by atoms with Gasteiger partial charge in [0, 0.05) is 5.92 Å². The summed E-state index contributed by atoms with van der Waals surface area (Å²) >= 11 is 0. The second-order valence-electron chi connectivity index (χ2n) is 4.43. The molecule has 90 valence electrons. The molecule has 1 aromatic carbocycles. The van der Waals surface area contributed by atoms with Crippen molar-refractivity contribution in [1.29, 1.82) is 0 Å². The Morgan fingerprint density at radius 1 is 1.12 bits per heavy atom. The monoisotopic (exact) mass is 231 g/mol. The zero-order valence-electron chi connectivity index (χ0n) is 10.1. The molecule has 0 aliphatic heterocycles. The lowest BCUT2D eigenvalue weighted by Crippen LogP contribution is -2.13. The first-order valence-electron chi connectivity index (χ1n) is 5.79. The van der Waals surface area contributed by atoms with Gasteiger partial charge in [-0.15, -0.1) is 10.2 Å². The summed E-state index contributed by atoms with van der Waals surface area (Å²) in [6.07, 6.45) is 0.709. The summed E-state index contributed by atoms with van der Waals surface area (Å²) in [4.78, 5) is 0. The molecule has 0 amide bonds. The lowest BCUT2D eigenvalue weighted by Gasteiger charge is -2.06. The third-order valence-corrected chi connectivity index (χ3v) is 2.57. The van der Waals surface area contributed by atoms with Gasteiger partial charge in [0.1, 0.15) is 0 Å². The molecule has 4 heteroatoms. The van der Waals surface area contributed by atoms with E-state index in [9.17, 15) is 0 Å². The van der Waals surface area contributed by atoms with Gasteiger partial charge in [-0.25, -0.2) is 0 Å². The minimum atomic E-state index is -0.239. The number of benzene rings is 1. The van der Waals surface area contributed by atoms with Gasteiger partial charge in [0.05, 0.1) is 6.04 Å². The summed E-state index contributed by atoms with van der Waals surface area (Å²) in [5.74, 6) is 1.39. The van der Waals surface area contributed by atoms with Crippen LogP contribution in [0.25, 0.3) is 0 Å². The molecule has 0 spiro atoms. The smallest absolute Gasteiger partial charge is 0.233 e. The summed E-state index contributed by atoms with van der Waals surface area (Å²) in [5, 5.41) is 7.97. The largest absolute Gasteiger partial charge is 0.423 e. The van der Waals surface area contributed by atoms with Crippen LogP contribution >= 0.6 is 0 Å². The van der Waals surface area contributed by atoms with Crippen LogP contribution in [-0.2, 0) is 6.42 Å². The number of rotatable bonds is 4. The molecular formula is C13H17N3O. The predicted octanol–water partition coefficient (Wildman–Crippen LogP) is 2.44. The molecule has 0 aliphatic carbocycles. The summed E-state index contributed by atoms with van der Waals surface area (Å²) in [6, 6.07) is 9.82. The van der Waals surface area contributed by atoms with Crippen LogP contribution in [-0.4, -0.2) is 10.2 Å². The van der Waals surface area contributed by atoms with E-state index in [0.29, 0.717) is 18.2 Å². The summed E-state index contributed by atoms with van der Waals surface area (Å²) < 4.78 is 5.53. The second kappa shape index (κ2) is 5.10. The first-order chi connectivity index (χ1) is 8.16. The van der Waals surface area contributed by atoms with Gasteiger partial charge in [-0.2, -0.15) is 0 Å². The van der Waals surface area contributed by atoms with E-state index in [1.165, 1.54) is 5.56 Å². The van der Waals surface area contributed by atoms with Gasteiger partial charge in [0.15, 0.2) is 0 Å². The fraction of sp³-hybridized carbons (Fsp3) is 0.385. The van der Waals surface area contributed by atoms with Gasteiger partial charge in [-0.1, -0.05) is 44.2 Å². The van der Waals surface area contributed by atoms with E-state index in [1.54, 1.807) is 0 Å². The maximum atomic E-state index is 6.04. The minimum absolute atomic E-state index is 0.236. The molecule has 2 rings (SSSR count). The van der Waals surface area contributed by atoms with Crippen LogP contribution in [0.5, 0.6) is 0 Å². The topological polar surface area (TPSA) is 64.9 Å². The third-order valence-electron chi connectivity index (χ3n) is 2.57. The normalized spacial score (nSPS) is 12.9. The van der Waals surface area contributed by atoms with Crippen LogP contribution in [0.1, 0.15) is 43.2 Å². The Morgan fingerprint density at radius 3 is 2.35 bits per heavy atom. The molecule has 17 heavy (non-hydrogen) atoms. The lowest BCUT2D eigenvalue weighted by atomic mass is 10.1. The van der Waals surface area contributed by atoms with Crippen molar-refractivity contribution in [3.63, 3.8) is 0 Å². The van der Waals surface area contributed by atoms with Crippen LogP contribution in [0.15, 0.2) is 34.7 Å². The molecule has 0 fully saturated rings. The number of nitrogens with zero attached hydrogens (tertiary/aromatic N) is 2. The van der Waals surface area contributed by atoms with Crippen molar-refractivity contribution >= 4 is 0 Å². The second-order valence-corrected chi connectivity index (χ2v) is 4.43. The molecule has 0 saturated heterocycles. The van der Waals surface area contributed by atoms with Crippen molar-refractivity contribution < 1.29 is 4.42 Å². The SMILES string of the molecule is CC(C)c1nnc([C@@H](N)Cc2ccccc2)o1. The molecule has 0 unspecified atom stereocenters. The highest BCUT2D eigenvalue weighted by Crippen LogP contribution is 2.18. The molecule has 0 bridgehead atoms. The molecule has 1 aromatic heterocycles. The van der Waals surface area contributed by atoms with E-state index in [-0.39, 0.29) is 12.0 Å². The van der Waals surface area contributed by atoms with E-state index < -0.39 is 0 Å². The highest BCUT2D eigenvalue weighted by molar-refractivity contribution is 5.16. The molecule has 1 atom stereocenters. The van der Waals surface area contributed by atoms with Crippen LogP contribution in [0.2, 0.25) is 0 Å². The molecule has 0 saturated carbocycles. The number of aromatic nitrogens is 2. The Hall–Kier alpha value is -1.68. The molecule has 2 aromatic rings. The number of hydrogen-bond acceptors (Lipinski definition) is 4. The molecule has 4 nitrogen and oxygen atoms in total. The van der Waals surface area contributed by atoms with E-state index in [0.717, 1.165) is 0 Å². The van der Waals surface area contributed by atoms with Gasteiger partial charge < -0.3 is 10.2 Å². The fourth-order valence-corrected chi connectivity index (χ4v) is 1.59. The first kappa shape index (κ1) is 11.8. The molecule has 0 radical (unpaired) electrons. The lowest BCUT2D eigenvalue weighted by molar-refractivity contribution is 0.403. The van der Waals surface area contributed by atoms with Crippen LogP contribution in [0.3, 0.4) is 0 Å². The van der Waals surface area contributed by atoms with Crippen molar-refractivity contribution in [2.45, 2.75) is 32.2 Å². The van der Waals surface area contributed by atoms with E-state index in [2.05, 4.69) is 10.2 Å². The number of nitrogens with two attached hydrogens (primary N) is 1. The van der Waals surface area contributed by atoms with Gasteiger partial charge in [0.25, 0.3) is 0 Å². The average Bonchev–Trinajstić information content (AvgIpc) is 2.79. The predicted molar refractivity (Wildman–Crippen MR) is 65.5 cm³/mol. The summed E-state index contributed by atoms with van der Waals surface area (Å²) in [7, 11) is 0. The van der Waals surface area contributed by atoms with Gasteiger partial charge in [-0.05, 0) is 12.0 Å². The molecule has 2 N–H and O–H groups in total. The highest BCUT2D eigenvalue weighted by Gasteiger charge is 2.16. The Balaban J connectivity index is 2.07. The van der Waals surface area contributed by atoms with E-state index in [4.69, 9.17) is 10.2 Å². The zero-order valence-corrected chi connectivity index (χ0v) is 10.1. The standard InChI is InChI=1S/C13H17N3O/c1-9(2)12-15-16-13(17-12)11(14)8-10-6-4-3-5-7-10/h3-7,9,11H,8,14H2,1-2H3/t11-/m0/s1. The zero-order chi connectivity index (χ0) is 12.3. The highest BCUT2D eigenvalue weighted by atomic mass is 16.4. The summed E-state index contributed by atoms with van der Waals surface area (Å²) in [6.45, 7) is 4.03. The van der Waals surface area contributed by atoms with Crippen LogP contribution in [0.4, 0.5) is 0 Å². The Kier molecular flexibility index (Phi) is 3.54. The van der Waals surface area contributed by atoms with E-state index >= 15 is 0 Å². The maximum Gasteiger partial charge on any atom is 0.233 e. The Morgan fingerprint density at radius 2 is 1.76 bits per heavy atom. The van der Waals surface area contributed by atoms with Crippen LogP contribution in [0, 0.1) is 0 Å². The van der Waals surface area contributed by atoms with E-state index in [1.807, 2.05) is 44.2 Å². The van der Waals surface area contributed by atoms with Crippen molar-refractivity contribution in [3.8, 4) is 0 Å². The van der Waals surface area contributed by atoms with Crippen molar-refractivity contribution in [2.75, 3.05) is 0 Å². The minimum Gasteiger partial charge on any atom is -0.423 e. The Bertz CT molecular complexity index is 465. The van der Waals surface area contributed by atoms with Gasteiger partial charge >= 0.3 is 0 Å². The van der Waals surface area contributed by atoms with Crippen molar-refractivity contribution in [2.24, 2.45) is 5.73 Å².